The molecule has 0 fully saturated rings. The summed E-state index contributed by atoms with van der Waals surface area (Å²) in [7, 11) is 1.93. The predicted molar refractivity (Wildman–Crippen MR) is 106 cm³/mol. The fraction of sp³-hybridized carbons (Fsp3) is 0.143. The van der Waals surface area contributed by atoms with Crippen LogP contribution in [-0.2, 0) is 13.5 Å². The maximum absolute atomic E-state index is 6.29. The van der Waals surface area contributed by atoms with Gasteiger partial charge in [0.2, 0.25) is 0 Å². The highest BCUT2D eigenvalue weighted by molar-refractivity contribution is 6.42. The molecule has 0 N–H and O–H groups in total. The molecule has 1 atom stereocenters. The Bertz CT molecular complexity index is 1160. The van der Waals surface area contributed by atoms with Crippen LogP contribution in [-0.4, -0.2) is 14.8 Å². The normalized spacial score (nSPS) is 15.7. The van der Waals surface area contributed by atoms with Gasteiger partial charge in [-0.2, -0.15) is 5.10 Å². The summed E-state index contributed by atoms with van der Waals surface area (Å²) in [5.74, 6) is 0.226. The minimum Gasteiger partial charge on any atom is -0.250 e. The van der Waals surface area contributed by atoms with Crippen molar-refractivity contribution >= 4 is 34.2 Å². The zero-order valence-electron chi connectivity index (χ0n) is 14.1. The van der Waals surface area contributed by atoms with Gasteiger partial charge in [-0.25, -0.2) is 4.98 Å². The predicted octanol–water partition coefficient (Wildman–Crippen LogP) is 5.63. The van der Waals surface area contributed by atoms with E-state index in [1.54, 1.807) is 0 Å². The summed E-state index contributed by atoms with van der Waals surface area (Å²) in [6.07, 6.45) is 4.78. The van der Waals surface area contributed by atoms with Gasteiger partial charge in [-0.05, 0) is 46.4 Å². The molecule has 0 saturated heterocycles. The van der Waals surface area contributed by atoms with E-state index < -0.39 is 0 Å². The van der Waals surface area contributed by atoms with Gasteiger partial charge in [-0.3, -0.25) is 4.68 Å². The number of hydrogen-bond donors (Lipinski definition) is 0. The Morgan fingerprint density at radius 2 is 1.88 bits per heavy atom. The second kappa shape index (κ2) is 5.83. The molecule has 3 nitrogen and oxygen atoms in total. The SMILES string of the molecule is Cn1ncc2c3c(cnc21)CC(c1ccc(Cl)c(Cl)c1)c1ccccc1-3. The number of nitrogens with zero attached hydrogens (tertiary/aromatic N) is 3. The number of aryl methyl sites for hydroxylation is 1. The van der Waals surface area contributed by atoms with Crippen LogP contribution in [0.3, 0.4) is 0 Å². The van der Waals surface area contributed by atoms with E-state index in [4.69, 9.17) is 23.2 Å². The van der Waals surface area contributed by atoms with Crippen molar-refractivity contribution in [1.29, 1.82) is 0 Å². The van der Waals surface area contributed by atoms with Gasteiger partial charge in [0.15, 0.2) is 5.65 Å². The van der Waals surface area contributed by atoms with Crippen LogP contribution >= 0.6 is 23.2 Å². The summed E-state index contributed by atoms with van der Waals surface area (Å²) >= 11 is 12.4. The number of halogens is 2. The molecule has 4 aromatic rings. The van der Waals surface area contributed by atoms with Gasteiger partial charge in [0.25, 0.3) is 0 Å². The van der Waals surface area contributed by atoms with E-state index >= 15 is 0 Å². The van der Waals surface area contributed by atoms with Gasteiger partial charge in [-0.1, -0.05) is 53.5 Å². The number of rotatable bonds is 1. The first-order valence-corrected chi connectivity index (χ1v) is 9.23. The monoisotopic (exact) mass is 379 g/mol. The van der Waals surface area contributed by atoms with Crippen LogP contribution in [0.5, 0.6) is 0 Å². The Hall–Kier alpha value is -2.36. The summed E-state index contributed by atoms with van der Waals surface area (Å²) in [5, 5.41) is 6.67. The molecule has 0 bridgehead atoms. The molecule has 26 heavy (non-hydrogen) atoms. The number of fused-ring (bicyclic) bond motifs is 5. The molecule has 5 rings (SSSR count). The van der Waals surface area contributed by atoms with Crippen molar-refractivity contribution in [3.05, 3.63) is 81.6 Å². The van der Waals surface area contributed by atoms with Crippen LogP contribution in [0.2, 0.25) is 10.0 Å². The molecule has 0 radical (unpaired) electrons. The quantitative estimate of drug-likeness (QED) is 0.429. The lowest BCUT2D eigenvalue weighted by atomic mass is 9.75. The summed E-state index contributed by atoms with van der Waals surface area (Å²) < 4.78 is 1.82. The third kappa shape index (κ3) is 2.28. The lowest BCUT2D eigenvalue weighted by Crippen LogP contribution is -2.13. The van der Waals surface area contributed by atoms with Crippen molar-refractivity contribution < 1.29 is 0 Å². The molecule has 1 aliphatic rings. The summed E-state index contributed by atoms with van der Waals surface area (Å²) in [5.41, 5.74) is 7.10. The molecule has 0 aliphatic heterocycles. The van der Waals surface area contributed by atoms with E-state index in [0.29, 0.717) is 10.0 Å². The van der Waals surface area contributed by atoms with E-state index in [2.05, 4.69) is 40.4 Å². The molecule has 1 unspecified atom stereocenters. The largest absolute Gasteiger partial charge is 0.250 e. The van der Waals surface area contributed by atoms with Crippen LogP contribution in [0.1, 0.15) is 22.6 Å². The number of pyridine rings is 1. The Labute approximate surface area is 161 Å². The minimum absolute atomic E-state index is 0.226. The van der Waals surface area contributed by atoms with Crippen molar-refractivity contribution in [3.63, 3.8) is 0 Å². The van der Waals surface area contributed by atoms with Crippen molar-refractivity contribution in [2.75, 3.05) is 0 Å². The van der Waals surface area contributed by atoms with Crippen molar-refractivity contribution in [2.24, 2.45) is 7.05 Å². The molecule has 2 heterocycles. The second-order valence-corrected chi connectivity index (χ2v) is 7.50. The second-order valence-electron chi connectivity index (χ2n) is 6.68. The summed E-state index contributed by atoms with van der Waals surface area (Å²) in [4.78, 5) is 4.64. The molecule has 2 aromatic heterocycles. The molecule has 2 aromatic carbocycles. The van der Waals surface area contributed by atoms with E-state index in [-0.39, 0.29) is 5.92 Å². The van der Waals surface area contributed by atoms with E-state index in [9.17, 15) is 0 Å². The number of benzene rings is 2. The third-order valence-corrected chi connectivity index (χ3v) is 5.96. The van der Waals surface area contributed by atoms with E-state index in [0.717, 1.165) is 17.5 Å². The van der Waals surface area contributed by atoms with Crippen molar-refractivity contribution in [1.82, 2.24) is 14.8 Å². The highest BCUT2D eigenvalue weighted by Gasteiger charge is 2.28. The van der Waals surface area contributed by atoms with Gasteiger partial charge in [-0.15, -0.1) is 0 Å². The maximum atomic E-state index is 6.29. The molecule has 0 spiro atoms. The fourth-order valence-corrected chi connectivity index (χ4v) is 4.30. The van der Waals surface area contributed by atoms with Crippen molar-refractivity contribution in [2.45, 2.75) is 12.3 Å². The lowest BCUT2D eigenvalue weighted by Gasteiger charge is -2.28. The van der Waals surface area contributed by atoms with Crippen LogP contribution < -0.4 is 0 Å². The van der Waals surface area contributed by atoms with Gasteiger partial charge in [0.05, 0.1) is 16.2 Å². The molecule has 5 heteroatoms. The number of hydrogen-bond acceptors (Lipinski definition) is 2. The topological polar surface area (TPSA) is 30.7 Å². The first kappa shape index (κ1) is 15.9. The van der Waals surface area contributed by atoms with E-state index in [1.165, 1.54) is 27.8 Å². The summed E-state index contributed by atoms with van der Waals surface area (Å²) in [6.45, 7) is 0. The molecule has 0 amide bonds. The fourth-order valence-electron chi connectivity index (χ4n) is 3.99. The number of aromatic nitrogens is 3. The zero-order valence-corrected chi connectivity index (χ0v) is 15.6. The highest BCUT2D eigenvalue weighted by Crippen LogP contribution is 2.45. The standard InChI is InChI=1S/C21H15Cl2N3/c1-26-21-17(11-25-26)20-13(10-24-21)8-16(14-4-2-3-5-15(14)20)12-6-7-18(22)19(23)9-12/h2-7,9-11,16H,8H2,1H3. The first-order chi connectivity index (χ1) is 12.6. The van der Waals surface area contributed by atoms with Crippen LogP contribution in [0.15, 0.2) is 54.9 Å². The Morgan fingerprint density at radius 1 is 1.04 bits per heavy atom. The summed E-state index contributed by atoms with van der Waals surface area (Å²) in [6, 6.07) is 14.5. The third-order valence-electron chi connectivity index (χ3n) is 5.22. The van der Waals surface area contributed by atoms with Gasteiger partial charge in [0, 0.05) is 24.5 Å². The van der Waals surface area contributed by atoms with Crippen LogP contribution in [0.25, 0.3) is 22.2 Å². The van der Waals surface area contributed by atoms with Gasteiger partial charge in [0.1, 0.15) is 0 Å². The molecule has 128 valence electrons. The zero-order chi connectivity index (χ0) is 17.8. The van der Waals surface area contributed by atoms with Crippen LogP contribution in [0, 0.1) is 0 Å². The lowest BCUT2D eigenvalue weighted by molar-refractivity contribution is 0.779. The first-order valence-electron chi connectivity index (χ1n) is 8.47. The molecule has 1 aliphatic carbocycles. The maximum Gasteiger partial charge on any atom is 0.158 e. The van der Waals surface area contributed by atoms with E-state index in [1.807, 2.05) is 36.3 Å². The Balaban J connectivity index is 1.76. The average Bonchev–Trinajstić information content (AvgIpc) is 3.04. The van der Waals surface area contributed by atoms with Crippen molar-refractivity contribution in [3.8, 4) is 11.1 Å². The average molecular weight is 380 g/mol. The van der Waals surface area contributed by atoms with Gasteiger partial charge < -0.3 is 0 Å². The van der Waals surface area contributed by atoms with Gasteiger partial charge >= 0.3 is 0 Å². The molecular formula is C21H15Cl2N3. The highest BCUT2D eigenvalue weighted by atomic mass is 35.5. The Kier molecular flexibility index (Phi) is 3.56. The van der Waals surface area contributed by atoms with Crippen LogP contribution in [0.4, 0.5) is 0 Å². The smallest absolute Gasteiger partial charge is 0.158 e. The molecule has 0 saturated carbocycles. The molecular weight excluding hydrogens is 365 g/mol. The minimum atomic E-state index is 0.226. The Morgan fingerprint density at radius 3 is 2.73 bits per heavy atom.